The van der Waals surface area contributed by atoms with E-state index in [0.717, 1.165) is 5.56 Å². The number of halogens is 2. The zero-order valence-electron chi connectivity index (χ0n) is 29.3. The summed E-state index contributed by atoms with van der Waals surface area (Å²) in [6.45, 7) is -0.917. The van der Waals surface area contributed by atoms with Crippen LogP contribution >= 0.6 is 11.8 Å². The number of carbonyl (C=O) groups excluding carboxylic acids is 3. The Hall–Kier alpha value is -6.05. The molecule has 1 fully saturated rings. The highest BCUT2D eigenvalue weighted by Crippen LogP contribution is 2.46. The van der Waals surface area contributed by atoms with Gasteiger partial charge in [-0.25, -0.2) is 13.6 Å². The molecule has 1 unspecified atom stereocenters. The van der Waals surface area contributed by atoms with Crippen molar-refractivity contribution in [2.24, 2.45) is 0 Å². The Balaban J connectivity index is 1.05. The molecule has 6 rings (SSSR count). The lowest BCUT2D eigenvalue weighted by Gasteiger charge is -2.47. The van der Waals surface area contributed by atoms with Crippen LogP contribution in [0.25, 0.3) is 0 Å². The van der Waals surface area contributed by atoms with Crippen molar-refractivity contribution in [1.29, 1.82) is 0 Å². The summed E-state index contributed by atoms with van der Waals surface area (Å²) in [6, 6.07) is 33.9. The maximum Gasteiger partial charge on any atom is 0.327 e. The van der Waals surface area contributed by atoms with Gasteiger partial charge in [-0.3, -0.25) is 14.4 Å². The van der Waals surface area contributed by atoms with Crippen molar-refractivity contribution in [3.8, 4) is 5.75 Å². The molecule has 5 aromatic rings. The fourth-order valence-corrected chi connectivity index (χ4v) is 7.66. The number of rotatable bonds is 16. The molecule has 4 atom stereocenters. The van der Waals surface area contributed by atoms with Crippen LogP contribution in [0.4, 0.5) is 14.5 Å². The minimum atomic E-state index is -1.31. The molecule has 282 valence electrons. The maximum absolute atomic E-state index is 13.7. The molecular formula is C42H37F2N3O7S. The third-order valence-corrected chi connectivity index (χ3v) is 10.4. The number of hydrogen-bond acceptors (Lipinski definition) is 7. The predicted octanol–water partition coefficient (Wildman–Crippen LogP) is 5.78. The number of hydrogen-bond donors (Lipinski definition) is 4. The second-order valence-electron chi connectivity index (χ2n) is 12.8. The van der Waals surface area contributed by atoms with E-state index in [1.54, 1.807) is 77.7 Å². The minimum Gasteiger partial charge on any atom is -0.484 e. The first-order valence-electron chi connectivity index (χ1n) is 17.3. The number of anilines is 1. The summed E-state index contributed by atoms with van der Waals surface area (Å²) in [5.41, 5.74) is 3.14. The van der Waals surface area contributed by atoms with Crippen LogP contribution < -0.4 is 20.3 Å². The number of aliphatic hydroxyl groups excluding tert-OH is 1. The number of carboxylic acid groups (broad SMARTS) is 1. The van der Waals surface area contributed by atoms with Gasteiger partial charge in [0.05, 0.1) is 18.7 Å². The van der Waals surface area contributed by atoms with Crippen LogP contribution in [0.3, 0.4) is 0 Å². The predicted molar refractivity (Wildman–Crippen MR) is 203 cm³/mol. The van der Waals surface area contributed by atoms with Crippen LogP contribution in [-0.4, -0.2) is 64.1 Å². The second kappa shape index (κ2) is 17.9. The Bertz CT molecular complexity index is 2050. The Kier molecular flexibility index (Phi) is 12.5. The fourth-order valence-electron chi connectivity index (χ4n) is 6.36. The summed E-state index contributed by atoms with van der Waals surface area (Å²) in [7, 11) is 0. The standard InChI is InChI=1S/C42H37F2N3O7S/c43-30-15-11-26(12-16-30)34(48)25-55-40-39(47(41(40)51)32-19-17-31(44)18-20-32)29-13-21-33(22-14-29)54-24-36(50)45-23-35(49)46-38(42(52)53)37(27-7-3-1-4-8-27)28-9-5-2-6-10-28/h1-22,34,37-40,48H,23-25H2,(H,45,50)(H,46,49)(H,52,53)/t34?,38-,39-,40-/m1/s1. The van der Waals surface area contributed by atoms with E-state index in [0.29, 0.717) is 28.1 Å². The molecular weight excluding hydrogens is 729 g/mol. The number of nitrogens with one attached hydrogen (secondary N) is 2. The highest BCUT2D eigenvalue weighted by atomic mass is 32.2. The number of carboxylic acids is 1. The molecule has 13 heteroatoms. The Morgan fingerprint density at radius 2 is 1.31 bits per heavy atom. The van der Waals surface area contributed by atoms with Gasteiger partial charge in [-0.15, -0.1) is 11.8 Å². The van der Waals surface area contributed by atoms with Gasteiger partial charge in [-0.1, -0.05) is 84.9 Å². The summed E-state index contributed by atoms with van der Waals surface area (Å²) in [6.07, 6.45) is -0.939. The minimum absolute atomic E-state index is 0.168. The molecule has 0 radical (unpaired) electrons. The highest BCUT2D eigenvalue weighted by Gasteiger charge is 2.49. The van der Waals surface area contributed by atoms with Gasteiger partial charge in [0.25, 0.3) is 5.91 Å². The van der Waals surface area contributed by atoms with E-state index in [1.165, 1.54) is 60.3 Å². The van der Waals surface area contributed by atoms with Crippen LogP contribution in [0.1, 0.15) is 40.3 Å². The molecule has 0 aliphatic carbocycles. The number of carbonyl (C=O) groups is 4. The van der Waals surface area contributed by atoms with Crippen LogP contribution in [0.2, 0.25) is 0 Å². The first-order valence-corrected chi connectivity index (χ1v) is 18.4. The van der Waals surface area contributed by atoms with Gasteiger partial charge in [0, 0.05) is 17.4 Å². The molecule has 1 aliphatic heterocycles. The average molecular weight is 766 g/mol. The molecule has 4 N–H and O–H groups in total. The molecule has 1 heterocycles. The van der Waals surface area contributed by atoms with Crippen molar-refractivity contribution in [2.75, 3.05) is 23.8 Å². The number of β-lactam (4-membered cyclic amide) rings is 1. The van der Waals surface area contributed by atoms with Gasteiger partial charge in [-0.2, -0.15) is 0 Å². The zero-order valence-corrected chi connectivity index (χ0v) is 30.1. The van der Waals surface area contributed by atoms with Gasteiger partial charge in [0.2, 0.25) is 11.8 Å². The number of aliphatic carboxylic acids is 1. The summed E-state index contributed by atoms with van der Waals surface area (Å²) < 4.78 is 32.7. The van der Waals surface area contributed by atoms with Crippen LogP contribution in [0.15, 0.2) is 133 Å². The van der Waals surface area contributed by atoms with Crippen LogP contribution in [0, 0.1) is 11.6 Å². The molecule has 1 saturated heterocycles. The first kappa shape index (κ1) is 38.7. The average Bonchev–Trinajstić information content (AvgIpc) is 3.20. The SMILES string of the molecule is O=C(COc1ccc([C@@H]2[C@@H](SCC(O)c3ccc(F)cc3)C(=O)N2c2ccc(F)cc2)cc1)NCC(=O)N[C@@H](C(=O)O)C(c1ccccc1)c1ccccc1. The van der Waals surface area contributed by atoms with Crippen molar-refractivity contribution in [3.05, 3.63) is 167 Å². The van der Waals surface area contributed by atoms with Gasteiger partial charge >= 0.3 is 5.97 Å². The third-order valence-electron chi connectivity index (χ3n) is 9.11. The van der Waals surface area contributed by atoms with E-state index in [2.05, 4.69) is 10.6 Å². The monoisotopic (exact) mass is 765 g/mol. The first-order chi connectivity index (χ1) is 26.6. The van der Waals surface area contributed by atoms with Crippen molar-refractivity contribution in [1.82, 2.24) is 10.6 Å². The highest BCUT2D eigenvalue weighted by molar-refractivity contribution is 8.00. The molecule has 5 aromatic carbocycles. The number of thioether (sulfide) groups is 1. The van der Waals surface area contributed by atoms with E-state index < -0.39 is 71.9 Å². The maximum atomic E-state index is 13.7. The molecule has 3 amide bonds. The molecule has 10 nitrogen and oxygen atoms in total. The van der Waals surface area contributed by atoms with Crippen LogP contribution in [-0.2, 0) is 19.2 Å². The van der Waals surface area contributed by atoms with Gasteiger partial charge < -0.3 is 30.5 Å². The normalized spacial score (nSPS) is 16.1. The smallest absolute Gasteiger partial charge is 0.327 e. The summed E-state index contributed by atoms with van der Waals surface area (Å²) in [5.74, 6) is -3.82. The third kappa shape index (κ3) is 9.55. The van der Waals surface area contributed by atoms with Crippen molar-refractivity contribution >= 4 is 41.1 Å². The Labute approximate surface area is 320 Å². The Morgan fingerprint density at radius 3 is 1.87 bits per heavy atom. The largest absolute Gasteiger partial charge is 0.484 e. The number of nitrogens with zero attached hydrogens (tertiary/aromatic N) is 1. The number of benzene rings is 5. The van der Waals surface area contributed by atoms with E-state index >= 15 is 0 Å². The van der Waals surface area contributed by atoms with Gasteiger partial charge in [0.1, 0.15) is 28.7 Å². The number of amides is 3. The molecule has 1 aliphatic rings. The topological polar surface area (TPSA) is 145 Å². The van der Waals surface area contributed by atoms with Crippen molar-refractivity contribution in [3.63, 3.8) is 0 Å². The quantitative estimate of drug-likeness (QED) is 0.0926. The summed E-state index contributed by atoms with van der Waals surface area (Å²) in [4.78, 5) is 52.9. The van der Waals surface area contributed by atoms with Gasteiger partial charge in [-0.05, 0) is 70.8 Å². The van der Waals surface area contributed by atoms with Crippen LogP contribution in [0.5, 0.6) is 5.75 Å². The fraction of sp³-hybridized carbons (Fsp3) is 0.190. The molecule has 0 spiro atoms. The molecule has 55 heavy (non-hydrogen) atoms. The van der Waals surface area contributed by atoms with E-state index in [4.69, 9.17) is 4.74 Å². The second-order valence-corrected chi connectivity index (χ2v) is 13.9. The van der Waals surface area contributed by atoms with E-state index in [9.17, 15) is 38.2 Å². The van der Waals surface area contributed by atoms with E-state index in [-0.39, 0.29) is 11.7 Å². The summed E-state index contributed by atoms with van der Waals surface area (Å²) >= 11 is 1.25. The van der Waals surface area contributed by atoms with Crippen molar-refractivity contribution < 1.29 is 42.9 Å². The van der Waals surface area contributed by atoms with Crippen molar-refractivity contribution in [2.45, 2.75) is 29.4 Å². The molecule has 0 aromatic heterocycles. The zero-order chi connectivity index (χ0) is 38.9. The number of aliphatic hydroxyl groups is 1. The van der Waals surface area contributed by atoms with Gasteiger partial charge in [0.15, 0.2) is 6.61 Å². The lowest BCUT2D eigenvalue weighted by Crippen LogP contribution is -2.57. The lowest BCUT2D eigenvalue weighted by atomic mass is 9.85. The molecule has 0 saturated carbocycles. The van der Waals surface area contributed by atoms with E-state index in [1.807, 2.05) is 12.1 Å². The molecule has 0 bridgehead atoms. The lowest BCUT2D eigenvalue weighted by molar-refractivity contribution is -0.142. The Morgan fingerprint density at radius 1 is 0.745 bits per heavy atom. The summed E-state index contributed by atoms with van der Waals surface area (Å²) in [5, 5.41) is 25.2. The number of ether oxygens (including phenoxy) is 1.